The Morgan fingerprint density at radius 1 is 1.24 bits per heavy atom. The molecule has 2 aromatic rings. The van der Waals surface area contributed by atoms with Crippen molar-refractivity contribution in [1.29, 1.82) is 0 Å². The number of para-hydroxylation sites is 1. The SMILES string of the molecule is O=C(O)c1ccc2c(c1)OCC1=Nc3ccccc3CN12. The molecule has 2 aliphatic heterocycles. The number of benzene rings is 2. The van der Waals surface area contributed by atoms with E-state index in [1.54, 1.807) is 18.2 Å². The smallest absolute Gasteiger partial charge is 0.335 e. The Bertz CT molecular complexity index is 783. The van der Waals surface area contributed by atoms with Crippen LogP contribution >= 0.6 is 0 Å². The van der Waals surface area contributed by atoms with Crippen LogP contribution in [0.3, 0.4) is 0 Å². The summed E-state index contributed by atoms with van der Waals surface area (Å²) in [5.41, 5.74) is 3.21. The van der Waals surface area contributed by atoms with E-state index in [1.807, 2.05) is 18.2 Å². The lowest BCUT2D eigenvalue weighted by molar-refractivity contribution is 0.0696. The van der Waals surface area contributed by atoms with Crippen molar-refractivity contribution < 1.29 is 14.6 Å². The largest absolute Gasteiger partial charge is 0.483 e. The van der Waals surface area contributed by atoms with Gasteiger partial charge in [0.1, 0.15) is 18.2 Å². The van der Waals surface area contributed by atoms with Crippen molar-refractivity contribution in [3.8, 4) is 5.75 Å². The highest BCUT2D eigenvalue weighted by Crippen LogP contribution is 2.38. The van der Waals surface area contributed by atoms with Crippen LogP contribution in [0.25, 0.3) is 0 Å². The molecular formula is C16H12N2O3. The van der Waals surface area contributed by atoms with Gasteiger partial charge in [0.15, 0.2) is 0 Å². The molecule has 4 rings (SSSR count). The number of hydrogen-bond donors (Lipinski definition) is 1. The summed E-state index contributed by atoms with van der Waals surface area (Å²) in [4.78, 5) is 17.7. The minimum atomic E-state index is -0.954. The second-order valence-electron chi connectivity index (χ2n) is 5.02. The molecule has 0 saturated carbocycles. The third-order valence-corrected chi connectivity index (χ3v) is 3.74. The maximum atomic E-state index is 11.0. The van der Waals surface area contributed by atoms with Crippen LogP contribution in [-0.2, 0) is 6.54 Å². The van der Waals surface area contributed by atoms with E-state index in [2.05, 4.69) is 16.0 Å². The van der Waals surface area contributed by atoms with E-state index in [-0.39, 0.29) is 5.56 Å². The summed E-state index contributed by atoms with van der Waals surface area (Å²) in [5.74, 6) is 0.488. The second kappa shape index (κ2) is 4.34. The summed E-state index contributed by atoms with van der Waals surface area (Å²) in [7, 11) is 0. The van der Waals surface area contributed by atoms with Gasteiger partial charge in [0.25, 0.3) is 0 Å². The maximum absolute atomic E-state index is 11.0. The molecule has 1 N–H and O–H groups in total. The molecule has 2 aromatic carbocycles. The summed E-state index contributed by atoms with van der Waals surface area (Å²) in [6, 6.07) is 12.9. The van der Waals surface area contributed by atoms with Crippen molar-refractivity contribution in [3.63, 3.8) is 0 Å². The van der Waals surface area contributed by atoms with Gasteiger partial charge in [-0.15, -0.1) is 0 Å². The van der Waals surface area contributed by atoms with Gasteiger partial charge in [-0.1, -0.05) is 18.2 Å². The first kappa shape index (κ1) is 12.0. The van der Waals surface area contributed by atoms with Gasteiger partial charge >= 0.3 is 5.97 Å². The average Bonchev–Trinajstić information content (AvgIpc) is 2.52. The summed E-state index contributed by atoms with van der Waals surface area (Å²) < 4.78 is 5.66. The van der Waals surface area contributed by atoms with Crippen LogP contribution in [0, 0.1) is 0 Å². The lowest BCUT2D eigenvalue weighted by Crippen LogP contribution is -2.40. The third-order valence-electron chi connectivity index (χ3n) is 3.74. The molecule has 104 valence electrons. The van der Waals surface area contributed by atoms with Gasteiger partial charge in [-0.3, -0.25) is 0 Å². The number of carbonyl (C=O) groups is 1. The first-order valence-corrected chi connectivity index (χ1v) is 6.65. The Balaban J connectivity index is 1.80. The molecule has 21 heavy (non-hydrogen) atoms. The molecule has 0 bridgehead atoms. The van der Waals surface area contributed by atoms with Crippen molar-refractivity contribution in [2.45, 2.75) is 6.54 Å². The predicted octanol–water partition coefficient (Wildman–Crippen LogP) is 2.83. The van der Waals surface area contributed by atoms with Crippen LogP contribution < -0.4 is 9.64 Å². The molecule has 2 aliphatic rings. The fraction of sp³-hybridized carbons (Fsp3) is 0.125. The van der Waals surface area contributed by atoms with Crippen LogP contribution in [-0.4, -0.2) is 23.5 Å². The quantitative estimate of drug-likeness (QED) is 0.872. The number of aromatic carboxylic acids is 1. The van der Waals surface area contributed by atoms with E-state index in [1.165, 1.54) is 0 Å². The third kappa shape index (κ3) is 1.86. The lowest BCUT2D eigenvalue weighted by Gasteiger charge is -2.35. The van der Waals surface area contributed by atoms with E-state index in [4.69, 9.17) is 9.84 Å². The van der Waals surface area contributed by atoms with E-state index >= 15 is 0 Å². The molecule has 0 aromatic heterocycles. The standard InChI is InChI=1S/C16H12N2O3/c19-16(20)10-5-6-13-14(7-10)21-9-15-17-12-4-2-1-3-11(12)8-18(13)15/h1-7H,8-9H2,(H,19,20). The van der Waals surface area contributed by atoms with Crippen LogP contribution in [0.2, 0.25) is 0 Å². The number of nitrogens with zero attached hydrogens (tertiary/aromatic N) is 2. The average molecular weight is 280 g/mol. The number of anilines is 1. The van der Waals surface area contributed by atoms with Crippen LogP contribution in [0.1, 0.15) is 15.9 Å². The van der Waals surface area contributed by atoms with Crippen molar-refractivity contribution in [2.24, 2.45) is 4.99 Å². The van der Waals surface area contributed by atoms with Crippen molar-refractivity contribution in [1.82, 2.24) is 0 Å². The summed E-state index contributed by atoms with van der Waals surface area (Å²) >= 11 is 0. The molecular weight excluding hydrogens is 268 g/mol. The predicted molar refractivity (Wildman–Crippen MR) is 78.6 cm³/mol. The van der Waals surface area contributed by atoms with E-state index < -0.39 is 5.97 Å². The van der Waals surface area contributed by atoms with Gasteiger partial charge in [-0.25, -0.2) is 9.79 Å². The minimum Gasteiger partial charge on any atom is -0.483 e. The zero-order valence-electron chi connectivity index (χ0n) is 11.1. The number of aliphatic imine (C=N–C) groups is 1. The van der Waals surface area contributed by atoms with Gasteiger partial charge < -0.3 is 14.7 Å². The van der Waals surface area contributed by atoms with Crippen molar-refractivity contribution in [2.75, 3.05) is 11.5 Å². The van der Waals surface area contributed by atoms with Crippen molar-refractivity contribution >= 4 is 23.2 Å². The van der Waals surface area contributed by atoms with E-state index in [9.17, 15) is 4.79 Å². The monoisotopic (exact) mass is 280 g/mol. The molecule has 0 aliphatic carbocycles. The first-order valence-electron chi connectivity index (χ1n) is 6.65. The number of carboxylic acid groups (broad SMARTS) is 1. The number of hydrogen-bond acceptors (Lipinski definition) is 4. The topological polar surface area (TPSA) is 62.1 Å². The zero-order chi connectivity index (χ0) is 14.4. The van der Waals surface area contributed by atoms with Gasteiger partial charge in [0, 0.05) is 0 Å². The highest BCUT2D eigenvalue weighted by atomic mass is 16.5. The van der Waals surface area contributed by atoms with Gasteiger partial charge in [-0.05, 0) is 29.8 Å². The van der Waals surface area contributed by atoms with Gasteiger partial charge in [0.05, 0.1) is 23.5 Å². The van der Waals surface area contributed by atoms with Crippen LogP contribution in [0.15, 0.2) is 47.5 Å². The minimum absolute atomic E-state index is 0.228. The second-order valence-corrected chi connectivity index (χ2v) is 5.02. The maximum Gasteiger partial charge on any atom is 0.335 e. The molecule has 0 saturated heterocycles. The molecule has 0 amide bonds. The number of ether oxygens (including phenoxy) is 1. The lowest BCUT2D eigenvalue weighted by atomic mass is 10.1. The van der Waals surface area contributed by atoms with E-state index in [0.29, 0.717) is 12.4 Å². The van der Waals surface area contributed by atoms with E-state index in [0.717, 1.165) is 29.3 Å². The van der Waals surface area contributed by atoms with Gasteiger partial charge in [0.2, 0.25) is 0 Å². The normalized spacial score (nSPS) is 15.2. The molecule has 0 fully saturated rings. The number of amidine groups is 1. The summed E-state index contributed by atoms with van der Waals surface area (Å²) in [6.45, 7) is 1.07. The van der Waals surface area contributed by atoms with Crippen LogP contribution in [0.5, 0.6) is 5.75 Å². The molecule has 0 radical (unpaired) electrons. The molecule has 0 atom stereocenters. The fourth-order valence-electron chi connectivity index (χ4n) is 2.68. The first-order chi connectivity index (χ1) is 10.2. The Hall–Kier alpha value is -2.82. The zero-order valence-corrected chi connectivity index (χ0v) is 11.1. The Kier molecular flexibility index (Phi) is 2.47. The Labute approximate surface area is 121 Å². The summed E-state index contributed by atoms with van der Waals surface area (Å²) in [6.07, 6.45) is 0. The van der Waals surface area contributed by atoms with Gasteiger partial charge in [-0.2, -0.15) is 0 Å². The van der Waals surface area contributed by atoms with Crippen LogP contribution in [0.4, 0.5) is 11.4 Å². The number of fused-ring (bicyclic) bond motifs is 4. The molecule has 2 heterocycles. The highest BCUT2D eigenvalue weighted by Gasteiger charge is 2.28. The Morgan fingerprint density at radius 3 is 2.95 bits per heavy atom. The molecule has 0 spiro atoms. The molecule has 0 unspecified atom stereocenters. The number of rotatable bonds is 1. The van der Waals surface area contributed by atoms with Crippen molar-refractivity contribution in [3.05, 3.63) is 53.6 Å². The summed E-state index contributed by atoms with van der Waals surface area (Å²) in [5, 5.41) is 9.06. The highest BCUT2D eigenvalue weighted by molar-refractivity contribution is 6.05. The fourth-order valence-corrected chi connectivity index (χ4v) is 2.68. The number of carboxylic acids is 1. The molecule has 5 heteroatoms. The Morgan fingerprint density at radius 2 is 2.10 bits per heavy atom. The molecule has 5 nitrogen and oxygen atoms in total.